The van der Waals surface area contributed by atoms with Crippen LogP contribution in [0.5, 0.6) is 0 Å². The molecule has 0 saturated carbocycles. The van der Waals surface area contributed by atoms with Crippen LogP contribution in [0.25, 0.3) is 0 Å². The molecule has 0 aliphatic heterocycles. The van der Waals surface area contributed by atoms with E-state index in [4.69, 9.17) is 0 Å². The Morgan fingerprint density at radius 1 is 1.50 bits per heavy atom. The molecule has 16 heavy (non-hydrogen) atoms. The van der Waals surface area contributed by atoms with Crippen molar-refractivity contribution in [1.29, 1.82) is 0 Å². The predicted octanol–water partition coefficient (Wildman–Crippen LogP) is 2.01. The van der Waals surface area contributed by atoms with Gasteiger partial charge in [0.15, 0.2) is 0 Å². The highest BCUT2D eigenvalue weighted by Crippen LogP contribution is 2.19. The fraction of sp³-hybridized carbons (Fsp3) is 0.273. The summed E-state index contributed by atoms with van der Waals surface area (Å²) in [5, 5.41) is 6.29. The van der Waals surface area contributed by atoms with Gasteiger partial charge in [-0.25, -0.2) is 4.98 Å². The van der Waals surface area contributed by atoms with E-state index in [1.54, 1.807) is 47.5 Å². The number of aromatic nitrogens is 2. The Hall–Kier alpha value is -1.62. The van der Waals surface area contributed by atoms with E-state index in [1.165, 1.54) is 0 Å². The zero-order valence-electron chi connectivity index (χ0n) is 9.18. The summed E-state index contributed by atoms with van der Waals surface area (Å²) >= 11 is 1.62. The average Bonchev–Trinajstić information content (AvgIpc) is 2.77. The number of nitrogens with zero attached hydrogens (tertiary/aromatic N) is 2. The summed E-state index contributed by atoms with van der Waals surface area (Å²) in [6, 6.07) is 3.49. The van der Waals surface area contributed by atoms with Gasteiger partial charge < -0.3 is 9.88 Å². The van der Waals surface area contributed by atoms with Crippen LogP contribution in [0.4, 0.5) is 5.69 Å². The third-order valence-electron chi connectivity index (χ3n) is 2.29. The number of thiazole rings is 1. The minimum absolute atomic E-state index is 0.00699. The zero-order chi connectivity index (χ0) is 11.5. The maximum atomic E-state index is 11.2. The van der Waals surface area contributed by atoms with Gasteiger partial charge in [0.2, 0.25) is 5.56 Å². The minimum atomic E-state index is -0.00699. The van der Waals surface area contributed by atoms with Gasteiger partial charge in [0.05, 0.1) is 11.7 Å². The van der Waals surface area contributed by atoms with Crippen molar-refractivity contribution in [2.45, 2.75) is 13.0 Å². The molecule has 84 valence electrons. The molecule has 0 bridgehead atoms. The number of hydrogen-bond acceptors (Lipinski definition) is 4. The largest absolute Gasteiger partial charge is 0.375 e. The topological polar surface area (TPSA) is 46.9 Å². The van der Waals surface area contributed by atoms with Crippen LogP contribution in [0.2, 0.25) is 0 Å². The second kappa shape index (κ2) is 4.49. The first-order valence-corrected chi connectivity index (χ1v) is 5.87. The van der Waals surface area contributed by atoms with Crippen molar-refractivity contribution in [1.82, 2.24) is 9.55 Å². The van der Waals surface area contributed by atoms with Crippen molar-refractivity contribution in [2.75, 3.05) is 5.32 Å². The average molecular weight is 235 g/mol. The first-order valence-electron chi connectivity index (χ1n) is 4.99. The molecular weight excluding hydrogens is 222 g/mol. The lowest BCUT2D eigenvalue weighted by atomic mass is 10.3. The zero-order valence-corrected chi connectivity index (χ0v) is 9.99. The number of pyridine rings is 1. The standard InChI is InChI=1S/C11H13N3OS/c1-8(11-12-5-6-16-11)13-9-3-4-10(15)14(2)7-9/h3-8,13H,1-2H3. The van der Waals surface area contributed by atoms with Crippen LogP contribution < -0.4 is 10.9 Å². The lowest BCUT2D eigenvalue weighted by Crippen LogP contribution is -2.16. The Bertz CT molecular complexity index is 518. The first kappa shape index (κ1) is 10.9. The lowest BCUT2D eigenvalue weighted by Gasteiger charge is -2.13. The summed E-state index contributed by atoms with van der Waals surface area (Å²) in [5.74, 6) is 0. The Labute approximate surface area is 97.6 Å². The summed E-state index contributed by atoms with van der Waals surface area (Å²) in [4.78, 5) is 15.5. The molecule has 2 aromatic rings. The Morgan fingerprint density at radius 2 is 2.31 bits per heavy atom. The monoisotopic (exact) mass is 235 g/mol. The van der Waals surface area contributed by atoms with E-state index in [0.717, 1.165) is 10.7 Å². The van der Waals surface area contributed by atoms with Crippen LogP contribution in [0, 0.1) is 0 Å². The number of hydrogen-bond donors (Lipinski definition) is 1. The molecule has 0 saturated heterocycles. The second-order valence-corrected chi connectivity index (χ2v) is 4.53. The molecule has 0 spiro atoms. The van der Waals surface area contributed by atoms with E-state index in [-0.39, 0.29) is 11.6 Å². The molecule has 0 aliphatic rings. The molecule has 1 unspecified atom stereocenters. The van der Waals surface area contributed by atoms with Crippen LogP contribution in [0.15, 0.2) is 34.7 Å². The van der Waals surface area contributed by atoms with Gasteiger partial charge >= 0.3 is 0 Å². The van der Waals surface area contributed by atoms with Crippen LogP contribution in [-0.2, 0) is 7.05 Å². The van der Waals surface area contributed by atoms with Gasteiger partial charge in [-0.05, 0) is 13.0 Å². The summed E-state index contributed by atoms with van der Waals surface area (Å²) in [6.45, 7) is 2.05. The van der Waals surface area contributed by atoms with E-state index in [9.17, 15) is 4.79 Å². The predicted molar refractivity (Wildman–Crippen MR) is 65.8 cm³/mol. The minimum Gasteiger partial charge on any atom is -0.375 e. The van der Waals surface area contributed by atoms with Gasteiger partial charge in [0.25, 0.3) is 0 Å². The van der Waals surface area contributed by atoms with Crippen molar-refractivity contribution in [3.05, 3.63) is 45.3 Å². The number of rotatable bonds is 3. The molecule has 0 amide bonds. The van der Waals surface area contributed by atoms with Crippen molar-refractivity contribution in [2.24, 2.45) is 7.05 Å². The fourth-order valence-corrected chi connectivity index (χ4v) is 2.09. The molecule has 2 rings (SSSR count). The number of aryl methyl sites for hydroxylation is 1. The number of anilines is 1. The van der Waals surface area contributed by atoms with Crippen molar-refractivity contribution < 1.29 is 0 Å². The molecule has 0 fully saturated rings. The Balaban J connectivity index is 2.15. The molecule has 0 aliphatic carbocycles. The summed E-state index contributed by atoms with van der Waals surface area (Å²) < 4.78 is 1.55. The normalized spacial score (nSPS) is 12.4. The smallest absolute Gasteiger partial charge is 0.250 e. The van der Waals surface area contributed by atoms with Gasteiger partial charge in [0.1, 0.15) is 5.01 Å². The van der Waals surface area contributed by atoms with Crippen LogP contribution in [0.3, 0.4) is 0 Å². The highest BCUT2D eigenvalue weighted by Gasteiger charge is 2.07. The Kier molecular flexibility index (Phi) is 3.05. The van der Waals surface area contributed by atoms with E-state index in [1.807, 2.05) is 12.3 Å². The first-order chi connectivity index (χ1) is 7.66. The van der Waals surface area contributed by atoms with E-state index < -0.39 is 0 Å². The molecule has 1 atom stereocenters. The van der Waals surface area contributed by atoms with Gasteiger partial charge in [-0.2, -0.15) is 0 Å². The second-order valence-electron chi connectivity index (χ2n) is 3.60. The van der Waals surface area contributed by atoms with Gasteiger partial charge in [-0.1, -0.05) is 0 Å². The van der Waals surface area contributed by atoms with Gasteiger partial charge in [-0.3, -0.25) is 4.79 Å². The van der Waals surface area contributed by atoms with Gasteiger partial charge in [-0.15, -0.1) is 11.3 Å². The third kappa shape index (κ3) is 2.30. The van der Waals surface area contributed by atoms with Crippen LogP contribution in [-0.4, -0.2) is 9.55 Å². The van der Waals surface area contributed by atoms with Crippen LogP contribution in [0.1, 0.15) is 18.0 Å². The maximum Gasteiger partial charge on any atom is 0.250 e. The molecule has 0 radical (unpaired) electrons. The SMILES string of the molecule is CC(Nc1ccc(=O)n(C)c1)c1nccs1. The van der Waals surface area contributed by atoms with E-state index in [0.29, 0.717) is 0 Å². The highest BCUT2D eigenvalue weighted by molar-refractivity contribution is 7.09. The van der Waals surface area contributed by atoms with Crippen molar-refractivity contribution in [3.8, 4) is 0 Å². The third-order valence-corrected chi connectivity index (χ3v) is 3.25. The lowest BCUT2D eigenvalue weighted by molar-refractivity contribution is 0.835. The van der Waals surface area contributed by atoms with Crippen LogP contribution >= 0.6 is 11.3 Å². The summed E-state index contributed by atoms with van der Waals surface area (Å²) in [7, 11) is 1.74. The van der Waals surface area contributed by atoms with E-state index in [2.05, 4.69) is 10.3 Å². The molecule has 1 N–H and O–H groups in total. The summed E-state index contributed by atoms with van der Waals surface area (Å²) in [6.07, 6.45) is 3.57. The fourth-order valence-electron chi connectivity index (χ4n) is 1.44. The number of nitrogens with one attached hydrogen (secondary N) is 1. The van der Waals surface area contributed by atoms with E-state index >= 15 is 0 Å². The molecule has 5 heteroatoms. The molecule has 2 heterocycles. The highest BCUT2D eigenvalue weighted by atomic mass is 32.1. The van der Waals surface area contributed by atoms with Crippen molar-refractivity contribution in [3.63, 3.8) is 0 Å². The molecular formula is C11H13N3OS. The quantitative estimate of drug-likeness (QED) is 0.885. The molecule has 4 nitrogen and oxygen atoms in total. The maximum absolute atomic E-state index is 11.2. The van der Waals surface area contributed by atoms with Crippen molar-refractivity contribution >= 4 is 17.0 Å². The van der Waals surface area contributed by atoms with Gasteiger partial charge in [0, 0.05) is 30.9 Å². The molecule has 0 aromatic carbocycles. The Morgan fingerprint density at radius 3 is 2.94 bits per heavy atom. The summed E-state index contributed by atoms with van der Waals surface area (Å²) in [5.41, 5.74) is 0.914. The molecule has 2 aromatic heterocycles.